The topological polar surface area (TPSA) is 60.2 Å². The molecule has 1 amide bonds. The van der Waals surface area contributed by atoms with E-state index in [-0.39, 0.29) is 5.91 Å². The summed E-state index contributed by atoms with van der Waals surface area (Å²) in [6.45, 7) is 1.67. The van der Waals surface area contributed by atoms with Crippen molar-refractivity contribution in [1.29, 1.82) is 0 Å². The number of hydrogen-bond acceptors (Lipinski definition) is 2. The zero-order chi connectivity index (χ0) is 12.7. The Bertz CT molecular complexity index is 263. The van der Waals surface area contributed by atoms with Crippen LogP contribution in [0.15, 0.2) is 0 Å². The van der Waals surface area contributed by atoms with Crippen LogP contribution < -0.4 is 5.73 Å². The molecule has 1 aliphatic carbocycles. The van der Waals surface area contributed by atoms with E-state index >= 15 is 0 Å². The van der Waals surface area contributed by atoms with Gasteiger partial charge >= 0.3 is 0 Å². The Balaban J connectivity index is 2.31. The van der Waals surface area contributed by atoms with Gasteiger partial charge in [0, 0.05) is 12.8 Å². The van der Waals surface area contributed by atoms with Crippen LogP contribution in [0.1, 0.15) is 64.7 Å². The smallest absolute Gasteiger partial charge is 0.217 e. The van der Waals surface area contributed by atoms with Crippen molar-refractivity contribution in [2.75, 3.05) is 0 Å². The van der Waals surface area contributed by atoms with E-state index in [0.29, 0.717) is 24.0 Å². The second-order valence-electron chi connectivity index (χ2n) is 5.40. The molecule has 1 rings (SSSR count). The zero-order valence-corrected chi connectivity index (χ0v) is 10.9. The van der Waals surface area contributed by atoms with Crippen molar-refractivity contribution in [2.24, 2.45) is 17.6 Å². The molecule has 0 aromatic heterocycles. The van der Waals surface area contributed by atoms with Crippen molar-refractivity contribution in [3.05, 3.63) is 0 Å². The van der Waals surface area contributed by atoms with Gasteiger partial charge < -0.3 is 10.5 Å². The SMILES string of the molecule is CC(=O)CCC1CCCCC1CCCC(N)=O. The maximum Gasteiger partial charge on any atom is 0.217 e. The van der Waals surface area contributed by atoms with Crippen LogP contribution in [0.5, 0.6) is 0 Å². The molecular weight excluding hydrogens is 214 g/mol. The average Bonchev–Trinajstić information content (AvgIpc) is 2.27. The van der Waals surface area contributed by atoms with E-state index in [1.54, 1.807) is 6.92 Å². The van der Waals surface area contributed by atoms with Gasteiger partial charge in [-0.2, -0.15) is 0 Å². The van der Waals surface area contributed by atoms with E-state index in [4.69, 9.17) is 5.73 Å². The van der Waals surface area contributed by atoms with Gasteiger partial charge in [0.05, 0.1) is 0 Å². The van der Waals surface area contributed by atoms with E-state index in [9.17, 15) is 9.59 Å². The minimum atomic E-state index is -0.193. The molecule has 0 heterocycles. The number of ketones is 1. The van der Waals surface area contributed by atoms with Crippen molar-refractivity contribution in [2.45, 2.75) is 64.7 Å². The highest BCUT2D eigenvalue weighted by Crippen LogP contribution is 2.36. The second-order valence-corrected chi connectivity index (χ2v) is 5.40. The van der Waals surface area contributed by atoms with Crippen molar-refractivity contribution >= 4 is 11.7 Å². The summed E-state index contributed by atoms with van der Waals surface area (Å²) in [5.74, 6) is 1.51. The Labute approximate surface area is 104 Å². The van der Waals surface area contributed by atoms with Gasteiger partial charge in [-0.3, -0.25) is 4.79 Å². The van der Waals surface area contributed by atoms with Gasteiger partial charge in [-0.1, -0.05) is 25.7 Å². The number of amides is 1. The van der Waals surface area contributed by atoms with Crippen LogP contribution in [-0.2, 0) is 9.59 Å². The minimum absolute atomic E-state index is 0.193. The number of primary amides is 1. The first kappa shape index (κ1) is 14.2. The predicted octanol–water partition coefficient (Wildman–Crippen LogP) is 2.82. The fraction of sp³-hybridized carbons (Fsp3) is 0.857. The molecule has 0 radical (unpaired) electrons. The van der Waals surface area contributed by atoms with Gasteiger partial charge in [-0.25, -0.2) is 0 Å². The fourth-order valence-electron chi connectivity index (χ4n) is 2.97. The number of carbonyl (C=O) groups is 2. The highest BCUT2D eigenvalue weighted by atomic mass is 16.1. The number of hydrogen-bond donors (Lipinski definition) is 1. The molecule has 98 valence electrons. The normalized spacial score (nSPS) is 24.5. The first-order valence-electron chi connectivity index (χ1n) is 6.87. The zero-order valence-electron chi connectivity index (χ0n) is 10.9. The molecule has 2 unspecified atom stereocenters. The van der Waals surface area contributed by atoms with Gasteiger partial charge in [0.2, 0.25) is 5.91 Å². The second kappa shape index (κ2) is 7.46. The fourth-order valence-corrected chi connectivity index (χ4v) is 2.97. The molecule has 2 N–H and O–H groups in total. The van der Waals surface area contributed by atoms with Crippen LogP contribution in [0.25, 0.3) is 0 Å². The molecule has 1 aliphatic rings. The molecule has 2 atom stereocenters. The largest absolute Gasteiger partial charge is 0.370 e. The number of rotatable bonds is 7. The number of carbonyl (C=O) groups excluding carboxylic acids is 2. The Morgan fingerprint density at radius 1 is 1.06 bits per heavy atom. The third-order valence-corrected chi connectivity index (χ3v) is 3.93. The maximum absolute atomic E-state index is 11.0. The lowest BCUT2D eigenvalue weighted by atomic mass is 9.74. The molecule has 0 aromatic rings. The molecular formula is C14H25NO2. The van der Waals surface area contributed by atoms with Crippen molar-refractivity contribution in [3.8, 4) is 0 Å². The quantitative estimate of drug-likeness (QED) is 0.742. The summed E-state index contributed by atoms with van der Waals surface area (Å²) < 4.78 is 0. The molecule has 0 spiro atoms. The van der Waals surface area contributed by atoms with Crippen LogP contribution in [-0.4, -0.2) is 11.7 Å². The van der Waals surface area contributed by atoms with Gasteiger partial charge in [0.15, 0.2) is 0 Å². The molecule has 0 aliphatic heterocycles. The Morgan fingerprint density at radius 3 is 2.18 bits per heavy atom. The average molecular weight is 239 g/mol. The Hall–Kier alpha value is -0.860. The van der Waals surface area contributed by atoms with E-state index in [1.165, 1.54) is 25.7 Å². The molecule has 1 saturated carbocycles. The lowest BCUT2D eigenvalue weighted by molar-refractivity contribution is -0.118. The van der Waals surface area contributed by atoms with Gasteiger partial charge in [-0.15, -0.1) is 0 Å². The Kier molecular flexibility index (Phi) is 6.23. The van der Waals surface area contributed by atoms with Gasteiger partial charge in [-0.05, 0) is 38.0 Å². The summed E-state index contributed by atoms with van der Waals surface area (Å²) in [5.41, 5.74) is 5.16. The number of Topliss-reactive ketones (excluding diaryl/α,β-unsaturated/α-hetero) is 1. The van der Waals surface area contributed by atoms with Crippen LogP contribution in [0.3, 0.4) is 0 Å². The van der Waals surface area contributed by atoms with E-state index in [2.05, 4.69) is 0 Å². The van der Waals surface area contributed by atoms with Gasteiger partial charge in [0.25, 0.3) is 0 Å². The summed E-state index contributed by atoms with van der Waals surface area (Å²) in [6, 6.07) is 0. The lowest BCUT2D eigenvalue weighted by Gasteiger charge is -2.31. The maximum atomic E-state index is 11.0. The van der Waals surface area contributed by atoms with E-state index < -0.39 is 0 Å². The molecule has 3 heteroatoms. The summed E-state index contributed by atoms with van der Waals surface area (Å²) in [6.07, 6.45) is 9.41. The summed E-state index contributed by atoms with van der Waals surface area (Å²) in [5, 5.41) is 0. The van der Waals surface area contributed by atoms with Crippen LogP contribution in [0.4, 0.5) is 0 Å². The minimum Gasteiger partial charge on any atom is -0.370 e. The Morgan fingerprint density at radius 2 is 1.65 bits per heavy atom. The third-order valence-electron chi connectivity index (χ3n) is 3.93. The van der Waals surface area contributed by atoms with E-state index in [0.717, 1.165) is 25.7 Å². The van der Waals surface area contributed by atoms with Crippen LogP contribution in [0, 0.1) is 11.8 Å². The monoisotopic (exact) mass is 239 g/mol. The summed E-state index contributed by atoms with van der Waals surface area (Å²) in [4.78, 5) is 21.8. The van der Waals surface area contributed by atoms with Crippen molar-refractivity contribution in [3.63, 3.8) is 0 Å². The summed E-state index contributed by atoms with van der Waals surface area (Å²) >= 11 is 0. The molecule has 1 fully saturated rings. The van der Waals surface area contributed by atoms with Crippen LogP contribution in [0.2, 0.25) is 0 Å². The van der Waals surface area contributed by atoms with Crippen molar-refractivity contribution < 1.29 is 9.59 Å². The van der Waals surface area contributed by atoms with E-state index in [1.807, 2.05) is 0 Å². The van der Waals surface area contributed by atoms with Gasteiger partial charge in [0.1, 0.15) is 5.78 Å². The highest BCUT2D eigenvalue weighted by Gasteiger charge is 2.24. The molecule has 17 heavy (non-hydrogen) atoms. The molecule has 0 saturated heterocycles. The molecule has 0 aromatic carbocycles. The predicted molar refractivity (Wildman–Crippen MR) is 68.4 cm³/mol. The third kappa shape index (κ3) is 5.85. The molecule has 0 bridgehead atoms. The molecule has 3 nitrogen and oxygen atoms in total. The first-order chi connectivity index (χ1) is 8.09. The van der Waals surface area contributed by atoms with Crippen LogP contribution >= 0.6 is 0 Å². The van der Waals surface area contributed by atoms with Crippen molar-refractivity contribution in [1.82, 2.24) is 0 Å². The standard InChI is InChI=1S/C14H25NO2/c1-11(16)9-10-13-6-3-2-5-12(13)7-4-8-14(15)17/h12-13H,2-10H2,1H3,(H2,15,17). The first-order valence-corrected chi connectivity index (χ1v) is 6.87. The summed E-state index contributed by atoms with van der Waals surface area (Å²) in [7, 11) is 0. The lowest BCUT2D eigenvalue weighted by Crippen LogP contribution is -2.21. The number of nitrogens with two attached hydrogens (primary N) is 1. The highest BCUT2D eigenvalue weighted by molar-refractivity contribution is 5.75.